The summed E-state index contributed by atoms with van der Waals surface area (Å²) < 4.78 is 5.26. The van der Waals surface area contributed by atoms with Gasteiger partial charge in [-0.3, -0.25) is 10.1 Å². The van der Waals surface area contributed by atoms with Crippen molar-refractivity contribution in [3.63, 3.8) is 0 Å². The number of nitrogens with zero attached hydrogens (tertiary/aromatic N) is 3. The molecule has 3 rings (SSSR count). The molecule has 1 heterocycles. The fourth-order valence-electron chi connectivity index (χ4n) is 2.66. The maximum Gasteiger partial charge on any atom is 0.280 e. The minimum Gasteiger partial charge on any atom is -0.393 e. The number of aliphatic hydroxyl groups is 1. The standard InChI is InChI=1S/C14H15N3O4/c18-10-7-5-9(6-8-10)14-15-13(16-21-14)11-3-1-2-4-12(11)17(19)20/h1-4,9-10,18H,5-8H2. The van der Waals surface area contributed by atoms with Crippen LogP contribution in [-0.4, -0.2) is 26.3 Å². The second kappa shape index (κ2) is 5.61. The summed E-state index contributed by atoms with van der Waals surface area (Å²) in [4.78, 5) is 14.9. The SMILES string of the molecule is O=[N+]([O-])c1ccccc1-c1noc(C2CCC(O)CC2)n1. The van der Waals surface area contributed by atoms with Crippen molar-refractivity contribution in [3.05, 3.63) is 40.3 Å². The Morgan fingerprint density at radius 3 is 2.67 bits per heavy atom. The third-order valence-electron chi connectivity index (χ3n) is 3.83. The van der Waals surface area contributed by atoms with Gasteiger partial charge in [0.05, 0.1) is 11.0 Å². The summed E-state index contributed by atoms with van der Waals surface area (Å²) in [6, 6.07) is 6.33. The van der Waals surface area contributed by atoms with Crippen molar-refractivity contribution in [3.8, 4) is 11.4 Å². The maximum atomic E-state index is 11.0. The van der Waals surface area contributed by atoms with E-state index in [2.05, 4.69) is 10.1 Å². The van der Waals surface area contributed by atoms with E-state index in [9.17, 15) is 15.2 Å². The van der Waals surface area contributed by atoms with E-state index < -0.39 is 4.92 Å². The lowest BCUT2D eigenvalue weighted by Crippen LogP contribution is -2.17. The van der Waals surface area contributed by atoms with E-state index in [-0.39, 0.29) is 23.5 Å². The topological polar surface area (TPSA) is 102 Å². The third-order valence-corrected chi connectivity index (χ3v) is 3.83. The van der Waals surface area contributed by atoms with Crippen LogP contribution >= 0.6 is 0 Å². The molecule has 7 nitrogen and oxygen atoms in total. The van der Waals surface area contributed by atoms with Gasteiger partial charge in [0.1, 0.15) is 5.56 Å². The van der Waals surface area contributed by atoms with Gasteiger partial charge in [-0.2, -0.15) is 4.98 Å². The first-order valence-electron chi connectivity index (χ1n) is 6.90. The quantitative estimate of drug-likeness (QED) is 0.688. The molecule has 0 saturated heterocycles. The molecule has 0 bridgehead atoms. The molecule has 1 aliphatic carbocycles. The Labute approximate surface area is 120 Å². The van der Waals surface area contributed by atoms with Gasteiger partial charge >= 0.3 is 0 Å². The van der Waals surface area contributed by atoms with Crippen LogP contribution in [-0.2, 0) is 0 Å². The van der Waals surface area contributed by atoms with Gasteiger partial charge < -0.3 is 9.63 Å². The molecule has 0 unspecified atom stereocenters. The predicted molar refractivity (Wildman–Crippen MR) is 73.6 cm³/mol. The van der Waals surface area contributed by atoms with Gasteiger partial charge in [-0.15, -0.1) is 0 Å². The van der Waals surface area contributed by atoms with Gasteiger partial charge in [-0.1, -0.05) is 17.3 Å². The summed E-state index contributed by atoms with van der Waals surface area (Å²) in [5.74, 6) is 0.857. The number of benzene rings is 1. The van der Waals surface area contributed by atoms with Crippen LogP contribution < -0.4 is 0 Å². The van der Waals surface area contributed by atoms with Crippen molar-refractivity contribution in [1.82, 2.24) is 10.1 Å². The lowest BCUT2D eigenvalue weighted by Gasteiger charge is -2.22. The number of rotatable bonds is 3. The zero-order valence-electron chi connectivity index (χ0n) is 11.3. The maximum absolute atomic E-state index is 11.0. The highest BCUT2D eigenvalue weighted by Crippen LogP contribution is 2.34. The van der Waals surface area contributed by atoms with Gasteiger partial charge in [-0.05, 0) is 31.7 Å². The number of aliphatic hydroxyl groups excluding tert-OH is 1. The van der Waals surface area contributed by atoms with E-state index in [0.717, 1.165) is 12.8 Å². The van der Waals surface area contributed by atoms with E-state index in [1.807, 2.05) is 0 Å². The van der Waals surface area contributed by atoms with E-state index >= 15 is 0 Å². The number of aromatic nitrogens is 2. The summed E-state index contributed by atoms with van der Waals surface area (Å²) >= 11 is 0. The minimum atomic E-state index is -0.456. The number of nitro groups is 1. The monoisotopic (exact) mass is 289 g/mol. The van der Waals surface area contributed by atoms with Crippen LogP contribution in [0.5, 0.6) is 0 Å². The Bertz CT molecular complexity index is 647. The van der Waals surface area contributed by atoms with Crippen molar-refractivity contribution in [2.75, 3.05) is 0 Å². The molecule has 0 atom stereocenters. The molecule has 1 N–H and O–H groups in total. The summed E-state index contributed by atoms with van der Waals surface area (Å²) in [5.41, 5.74) is 0.317. The molecule has 110 valence electrons. The molecule has 1 saturated carbocycles. The van der Waals surface area contributed by atoms with Crippen LogP contribution in [0, 0.1) is 10.1 Å². The second-order valence-corrected chi connectivity index (χ2v) is 5.24. The zero-order chi connectivity index (χ0) is 14.8. The number of nitro benzene ring substituents is 1. The average Bonchev–Trinajstić information content (AvgIpc) is 2.97. The average molecular weight is 289 g/mol. The van der Waals surface area contributed by atoms with E-state index in [1.54, 1.807) is 18.2 Å². The third kappa shape index (κ3) is 2.78. The van der Waals surface area contributed by atoms with Gasteiger partial charge in [-0.25, -0.2) is 0 Å². The van der Waals surface area contributed by atoms with Crippen molar-refractivity contribution in [2.24, 2.45) is 0 Å². The largest absolute Gasteiger partial charge is 0.393 e. The Balaban J connectivity index is 1.87. The molecule has 1 aromatic carbocycles. The van der Waals surface area contributed by atoms with E-state index in [0.29, 0.717) is 24.3 Å². The number of para-hydroxylation sites is 1. The van der Waals surface area contributed by atoms with Gasteiger partial charge in [0, 0.05) is 12.0 Å². The molecule has 7 heteroatoms. The van der Waals surface area contributed by atoms with Crippen LogP contribution in [0.4, 0.5) is 5.69 Å². The molecule has 1 aliphatic rings. The normalized spacial score (nSPS) is 22.1. The van der Waals surface area contributed by atoms with E-state index in [4.69, 9.17) is 4.52 Å². The van der Waals surface area contributed by atoms with Crippen molar-refractivity contribution >= 4 is 5.69 Å². The first kappa shape index (κ1) is 13.7. The fraction of sp³-hybridized carbons (Fsp3) is 0.429. The highest BCUT2D eigenvalue weighted by molar-refractivity contribution is 5.67. The van der Waals surface area contributed by atoms with Gasteiger partial charge in [0.2, 0.25) is 11.7 Å². The van der Waals surface area contributed by atoms with Crippen LogP contribution in [0.2, 0.25) is 0 Å². The molecular weight excluding hydrogens is 274 g/mol. The molecule has 0 aliphatic heterocycles. The lowest BCUT2D eigenvalue weighted by molar-refractivity contribution is -0.384. The Morgan fingerprint density at radius 1 is 1.24 bits per heavy atom. The predicted octanol–water partition coefficient (Wildman–Crippen LogP) is 2.66. The summed E-state index contributed by atoms with van der Waals surface area (Å²) in [7, 11) is 0. The fourth-order valence-corrected chi connectivity index (χ4v) is 2.66. The Hall–Kier alpha value is -2.28. The highest BCUT2D eigenvalue weighted by atomic mass is 16.6. The number of hydrogen-bond acceptors (Lipinski definition) is 6. The van der Waals surface area contributed by atoms with Crippen molar-refractivity contribution < 1.29 is 14.6 Å². The molecule has 0 spiro atoms. The molecule has 0 radical (unpaired) electrons. The summed E-state index contributed by atoms with van der Waals surface area (Å²) in [6.45, 7) is 0. The zero-order valence-corrected chi connectivity index (χ0v) is 11.3. The molecular formula is C14H15N3O4. The van der Waals surface area contributed by atoms with Crippen molar-refractivity contribution in [2.45, 2.75) is 37.7 Å². The molecule has 1 fully saturated rings. The Morgan fingerprint density at radius 2 is 1.95 bits per heavy atom. The highest BCUT2D eigenvalue weighted by Gasteiger charge is 2.27. The number of hydrogen-bond donors (Lipinski definition) is 1. The molecule has 2 aromatic rings. The smallest absolute Gasteiger partial charge is 0.280 e. The van der Waals surface area contributed by atoms with Gasteiger partial charge in [0.25, 0.3) is 5.69 Å². The first-order valence-corrected chi connectivity index (χ1v) is 6.90. The van der Waals surface area contributed by atoms with Gasteiger partial charge in [0.15, 0.2) is 0 Å². The summed E-state index contributed by atoms with van der Waals surface area (Å²) in [5, 5.41) is 24.4. The van der Waals surface area contributed by atoms with E-state index in [1.165, 1.54) is 6.07 Å². The van der Waals surface area contributed by atoms with Crippen LogP contribution in [0.25, 0.3) is 11.4 Å². The Kier molecular flexibility index (Phi) is 3.66. The van der Waals surface area contributed by atoms with Crippen LogP contribution in [0.3, 0.4) is 0 Å². The second-order valence-electron chi connectivity index (χ2n) is 5.24. The molecule has 21 heavy (non-hydrogen) atoms. The van der Waals surface area contributed by atoms with Crippen LogP contribution in [0.15, 0.2) is 28.8 Å². The molecule has 1 aromatic heterocycles. The molecule has 0 amide bonds. The summed E-state index contributed by atoms with van der Waals surface area (Å²) in [6.07, 6.45) is 2.76. The lowest BCUT2D eigenvalue weighted by atomic mass is 9.87. The van der Waals surface area contributed by atoms with Crippen LogP contribution in [0.1, 0.15) is 37.5 Å². The minimum absolute atomic E-state index is 0.0380. The van der Waals surface area contributed by atoms with Crippen molar-refractivity contribution in [1.29, 1.82) is 0 Å². The first-order chi connectivity index (χ1) is 10.1.